The maximum Gasteiger partial charge on any atom is 0.417 e. The first-order chi connectivity index (χ1) is 10.6. The maximum absolute atomic E-state index is 12.7. The summed E-state index contributed by atoms with van der Waals surface area (Å²) in [4.78, 5) is 15.5. The zero-order valence-electron chi connectivity index (χ0n) is 11.2. The second-order valence-corrected chi connectivity index (χ2v) is 5.78. The third-order valence-electron chi connectivity index (χ3n) is 3.04. The van der Waals surface area contributed by atoms with Gasteiger partial charge in [-0.15, -0.1) is 0 Å². The van der Waals surface area contributed by atoms with Crippen molar-refractivity contribution in [2.45, 2.75) is 12.1 Å². The van der Waals surface area contributed by atoms with Gasteiger partial charge in [-0.1, -0.05) is 40.9 Å². The second kappa shape index (κ2) is 6.55. The molecule has 2 rings (SSSR count). The quantitative estimate of drug-likeness (QED) is 0.837. The molecule has 1 aromatic carbocycles. The van der Waals surface area contributed by atoms with E-state index in [9.17, 15) is 18.0 Å². The molecule has 0 saturated heterocycles. The Morgan fingerprint density at radius 2 is 1.70 bits per heavy atom. The van der Waals surface area contributed by atoms with Crippen molar-refractivity contribution in [2.24, 2.45) is 5.73 Å². The van der Waals surface area contributed by atoms with Crippen LogP contribution in [0.4, 0.5) is 13.2 Å². The Balaban J connectivity index is 2.62. The molecule has 1 heterocycles. The summed E-state index contributed by atoms with van der Waals surface area (Å²) >= 11 is 17.9. The lowest BCUT2D eigenvalue weighted by Gasteiger charge is -2.18. The number of nitrogens with zero attached hydrogens (tertiary/aromatic N) is 1. The van der Waals surface area contributed by atoms with Gasteiger partial charge in [0.05, 0.1) is 16.3 Å². The summed E-state index contributed by atoms with van der Waals surface area (Å²) in [6.45, 7) is 0. The number of amides is 1. The van der Waals surface area contributed by atoms with Gasteiger partial charge in [-0.05, 0) is 18.2 Å². The number of nitrogens with two attached hydrogens (primary N) is 1. The highest BCUT2D eigenvalue weighted by molar-refractivity contribution is 6.37. The number of halogens is 6. The SMILES string of the molecule is NC(=O)[C@@H](c1ncc(C(F)(F)F)cc1Cl)c1c(Cl)cccc1Cl. The molecule has 9 heteroatoms. The maximum atomic E-state index is 12.7. The monoisotopic (exact) mass is 382 g/mol. The van der Waals surface area contributed by atoms with Gasteiger partial charge in [0.2, 0.25) is 5.91 Å². The van der Waals surface area contributed by atoms with Gasteiger partial charge in [-0.2, -0.15) is 13.2 Å². The highest BCUT2D eigenvalue weighted by atomic mass is 35.5. The van der Waals surface area contributed by atoms with Crippen LogP contribution in [0.5, 0.6) is 0 Å². The zero-order chi connectivity index (χ0) is 17.4. The van der Waals surface area contributed by atoms with Crippen LogP contribution in [0.1, 0.15) is 22.7 Å². The summed E-state index contributed by atoms with van der Waals surface area (Å²) in [6, 6.07) is 5.16. The molecule has 23 heavy (non-hydrogen) atoms. The smallest absolute Gasteiger partial charge is 0.369 e. The summed E-state index contributed by atoms with van der Waals surface area (Å²) in [7, 11) is 0. The van der Waals surface area contributed by atoms with Crippen molar-refractivity contribution in [2.75, 3.05) is 0 Å². The molecule has 0 radical (unpaired) electrons. The molecule has 0 aliphatic rings. The molecule has 2 aromatic rings. The molecular formula is C14H8Cl3F3N2O. The van der Waals surface area contributed by atoms with E-state index in [-0.39, 0.29) is 26.3 Å². The van der Waals surface area contributed by atoms with Gasteiger partial charge in [-0.25, -0.2) is 0 Å². The van der Waals surface area contributed by atoms with Gasteiger partial charge in [0.1, 0.15) is 5.92 Å². The van der Waals surface area contributed by atoms with E-state index in [1.807, 2.05) is 0 Å². The summed E-state index contributed by atoms with van der Waals surface area (Å²) in [5.41, 5.74) is 4.30. The average molecular weight is 384 g/mol. The molecule has 0 aliphatic carbocycles. The Labute approximate surface area is 144 Å². The lowest BCUT2D eigenvalue weighted by atomic mass is 9.94. The fourth-order valence-electron chi connectivity index (χ4n) is 2.02. The van der Waals surface area contributed by atoms with E-state index in [2.05, 4.69) is 4.98 Å². The minimum atomic E-state index is -4.61. The predicted molar refractivity (Wildman–Crippen MR) is 81.7 cm³/mol. The average Bonchev–Trinajstić information content (AvgIpc) is 2.42. The number of benzene rings is 1. The van der Waals surface area contributed by atoms with E-state index >= 15 is 0 Å². The van der Waals surface area contributed by atoms with Crippen LogP contribution >= 0.6 is 34.8 Å². The lowest BCUT2D eigenvalue weighted by Crippen LogP contribution is -2.24. The first-order valence-corrected chi connectivity index (χ1v) is 7.22. The fraction of sp³-hybridized carbons (Fsp3) is 0.143. The van der Waals surface area contributed by atoms with Crippen molar-refractivity contribution in [3.05, 3.63) is 62.4 Å². The summed E-state index contributed by atoms with van der Waals surface area (Å²) in [6.07, 6.45) is -4.04. The van der Waals surface area contributed by atoms with Crippen molar-refractivity contribution in [3.63, 3.8) is 0 Å². The normalized spacial score (nSPS) is 13.0. The molecular weight excluding hydrogens is 376 g/mol. The molecule has 2 N–H and O–H groups in total. The van der Waals surface area contributed by atoms with E-state index in [0.717, 1.165) is 0 Å². The van der Waals surface area contributed by atoms with Gasteiger partial charge >= 0.3 is 6.18 Å². The van der Waals surface area contributed by atoms with Gasteiger partial charge < -0.3 is 5.73 Å². The van der Waals surface area contributed by atoms with Crippen LogP contribution in [-0.4, -0.2) is 10.9 Å². The van der Waals surface area contributed by atoms with Crippen molar-refractivity contribution < 1.29 is 18.0 Å². The minimum absolute atomic E-state index is 0.124. The highest BCUT2D eigenvalue weighted by Crippen LogP contribution is 2.39. The highest BCUT2D eigenvalue weighted by Gasteiger charge is 2.34. The molecule has 0 unspecified atom stereocenters. The van der Waals surface area contributed by atoms with Crippen LogP contribution in [0.3, 0.4) is 0 Å². The van der Waals surface area contributed by atoms with Crippen LogP contribution < -0.4 is 5.73 Å². The summed E-state index contributed by atoms with van der Waals surface area (Å²) < 4.78 is 38.0. The Morgan fingerprint density at radius 3 is 2.13 bits per heavy atom. The van der Waals surface area contributed by atoms with E-state index in [4.69, 9.17) is 40.5 Å². The number of carbonyl (C=O) groups excluding carboxylic acids is 1. The second-order valence-electron chi connectivity index (χ2n) is 4.56. The Hall–Kier alpha value is -1.50. The Bertz CT molecular complexity index is 745. The lowest BCUT2D eigenvalue weighted by molar-refractivity contribution is -0.137. The van der Waals surface area contributed by atoms with Gasteiger partial charge in [-0.3, -0.25) is 9.78 Å². The topological polar surface area (TPSA) is 56.0 Å². The number of alkyl halides is 3. The van der Waals surface area contributed by atoms with Crippen LogP contribution in [0.15, 0.2) is 30.5 Å². The van der Waals surface area contributed by atoms with E-state index in [0.29, 0.717) is 12.3 Å². The van der Waals surface area contributed by atoms with Crippen molar-refractivity contribution in [1.82, 2.24) is 4.98 Å². The van der Waals surface area contributed by atoms with Crippen molar-refractivity contribution in [1.29, 1.82) is 0 Å². The van der Waals surface area contributed by atoms with E-state index < -0.39 is 23.6 Å². The molecule has 3 nitrogen and oxygen atoms in total. The molecule has 122 valence electrons. The number of carbonyl (C=O) groups is 1. The Morgan fingerprint density at radius 1 is 1.13 bits per heavy atom. The minimum Gasteiger partial charge on any atom is -0.369 e. The largest absolute Gasteiger partial charge is 0.417 e. The fourth-order valence-corrected chi connectivity index (χ4v) is 2.91. The van der Waals surface area contributed by atoms with E-state index in [1.54, 1.807) is 6.07 Å². The first kappa shape index (κ1) is 17.8. The number of rotatable bonds is 3. The van der Waals surface area contributed by atoms with E-state index in [1.165, 1.54) is 12.1 Å². The third-order valence-corrected chi connectivity index (χ3v) is 4.01. The van der Waals surface area contributed by atoms with Crippen LogP contribution in [-0.2, 0) is 11.0 Å². The van der Waals surface area contributed by atoms with Gasteiger partial charge in [0.25, 0.3) is 0 Å². The number of aromatic nitrogens is 1. The number of pyridine rings is 1. The molecule has 1 aromatic heterocycles. The van der Waals surface area contributed by atoms with Gasteiger partial charge in [0, 0.05) is 21.8 Å². The molecule has 1 atom stereocenters. The molecule has 0 bridgehead atoms. The Kier molecular flexibility index (Phi) is 5.08. The van der Waals surface area contributed by atoms with Crippen molar-refractivity contribution >= 4 is 40.7 Å². The number of primary amides is 1. The third kappa shape index (κ3) is 3.71. The molecule has 0 saturated carbocycles. The standard InChI is InChI=1S/C14H8Cl3F3N2O/c15-7-2-1-3-8(16)10(7)11(13(21)23)12-9(17)4-6(5-22-12)14(18,19)20/h1-5,11H,(H2,21,23)/t11-/m1/s1. The zero-order valence-corrected chi connectivity index (χ0v) is 13.4. The van der Waals surface area contributed by atoms with Crippen molar-refractivity contribution in [3.8, 4) is 0 Å². The summed E-state index contributed by atoms with van der Waals surface area (Å²) in [5, 5.41) is -0.113. The molecule has 1 amide bonds. The number of hydrogen-bond donors (Lipinski definition) is 1. The van der Waals surface area contributed by atoms with Crippen LogP contribution in [0, 0.1) is 0 Å². The summed E-state index contributed by atoms with van der Waals surface area (Å²) in [5.74, 6) is -2.17. The van der Waals surface area contributed by atoms with Crippen LogP contribution in [0.25, 0.3) is 0 Å². The van der Waals surface area contributed by atoms with Gasteiger partial charge in [0.15, 0.2) is 0 Å². The molecule has 0 fully saturated rings. The first-order valence-electron chi connectivity index (χ1n) is 6.08. The predicted octanol–water partition coefficient (Wildman–Crippen LogP) is 4.68. The molecule has 0 aliphatic heterocycles. The number of hydrogen-bond acceptors (Lipinski definition) is 2. The molecule has 0 spiro atoms. The van der Waals surface area contributed by atoms with Crippen LogP contribution in [0.2, 0.25) is 15.1 Å².